The molecule has 0 radical (unpaired) electrons. The monoisotopic (exact) mass is 513 g/mol. The molecule has 1 saturated carbocycles. The number of carboxylic acid groups (broad SMARTS) is 1. The normalized spacial score (nSPS) is 24.9. The summed E-state index contributed by atoms with van der Waals surface area (Å²) in [5.74, 6) is -0.333. The minimum atomic E-state index is -4.33. The van der Waals surface area contributed by atoms with Crippen LogP contribution in [-0.2, 0) is 8.98 Å². The van der Waals surface area contributed by atoms with Gasteiger partial charge in [0.15, 0.2) is 12.2 Å². The van der Waals surface area contributed by atoms with Gasteiger partial charge in [0, 0.05) is 5.92 Å². The Kier molecular flexibility index (Phi) is 7.50. The molecule has 1 fully saturated rings. The van der Waals surface area contributed by atoms with Crippen molar-refractivity contribution in [3.8, 4) is 0 Å². The van der Waals surface area contributed by atoms with Crippen molar-refractivity contribution in [1.29, 1.82) is 0 Å². The number of rotatable bonds is 8. The van der Waals surface area contributed by atoms with Gasteiger partial charge in [-0.05, 0) is 69.1 Å². The molecule has 35 heavy (non-hydrogen) atoms. The number of halogens is 3. The molecule has 0 aromatic carbocycles. The molecular formula is C24H30F3N3O4S. The second kappa shape index (κ2) is 9.75. The first-order valence-electron chi connectivity index (χ1n) is 11.2. The number of amides is 1. The summed E-state index contributed by atoms with van der Waals surface area (Å²) in [5, 5.41) is 11.5. The lowest BCUT2D eigenvalue weighted by atomic mass is 9.75. The van der Waals surface area contributed by atoms with Crippen LogP contribution in [0.25, 0.3) is 0 Å². The average Bonchev–Trinajstić information content (AvgIpc) is 3.47. The van der Waals surface area contributed by atoms with E-state index in [9.17, 15) is 22.8 Å². The number of aromatic nitrogens is 1. The third-order valence-electron chi connectivity index (χ3n) is 7.17. The van der Waals surface area contributed by atoms with Crippen molar-refractivity contribution in [3.63, 3.8) is 0 Å². The second-order valence-corrected chi connectivity index (χ2v) is 10.5. The molecular weight excluding hydrogens is 483 g/mol. The van der Waals surface area contributed by atoms with E-state index in [0.29, 0.717) is 36.5 Å². The zero-order valence-electron chi connectivity index (χ0n) is 20.2. The summed E-state index contributed by atoms with van der Waals surface area (Å²) in [6.07, 6.45) is 1.96. The van der Waals surface area contributed by atoms with Gasteiger partial charge in [-0.3, -0.25) is 14.5 Å². The minimum absolute atomic E-state index is 0.00223. The van der Waals surface area contributed by atoms with Gasteiger partial charge in [-0.25, -0.2) is 4.79 Å². The number of carbonyl (C=O) groups excluding carboxylic acids is 1. The molecule has 0 saturated heterocycles. The van der Waals surface area contributed by atoms with Crippen LogP contribution in [0.3, 0.4) is 0 Å². The Balaban J connectivity index is 1.57. The van der Waals surface area contributed by atoms with Crippen molar-refractivity contribution in [2.24, 2.45) is 22.7 Å². The predicted octanol–water partition coefficient (Wildman–Crippen LogP) is 6.35. The SMILES string of the molecule is Cc1cc([C@@H](C)NC(=O)[C@H]2C[C@]2(C)C2C=CC(C(C)(C)C(F)(F)F)=CC2)ncc1NSOC(=O)O. The Morgan fingerprint density at radius 2 is 2.03 bits per heavy atom. The highest BCUT2D eigenvalue weighted by molar-refractivity contribution is 7.96. The molecule has 2 aliphatic rings. The molecule has 3 rings (SSSR count). The number of hydrogen-bond donors (Lipinski definition) is 3. The number of pyridine rings is 1. The molecule has 1 unspecified atom stereocenters. The molecule has 1 heterocycles. The summed E-state index contributed by atoms with van der Waals surface area (Å²) in [6, 6.07) is 1.43. The standard InChI is InChI=1S/C24H30F3N3O4S/c1-13-10-18(28-12-19(13)30-35-34-21(32)33)14(2)29-20(31)17-11-23(17,5)16-8-6-15(7-9-16)22(3,4)24(25,26)27/h6-8,10,12,14,16-17,30H,9,11H2,1-5H3,(H,29,31)(H,32,33)/t14-,16?,17-,23-/m1/s1. The van der Waals surface area contributed by atoms with Crippen LogP contribution in [0.4, 0.5) is 23.7 Å². The Bertz CT molecular complexity index is 1060. The van der Waals surface area contributed by atoms with Crippen LogP contribution in [0.2, 0.25) is 0 Å². The smallest absolute Gasteiger partial charge is 0.449 e. The fourth-order valence-electron chi connectivity index (χ4n) is 4.33. The number of nitrogens with zero attached hydrogens (tertiary/aromatic N) is 1. The van der Waals surface area contributed by atoms with Crippen LogP contribution in [0.1, 0.15) is 57.8 Å². The first-order valence-corrected chi connectivity index (χ1v) is 12.0. The van der Waals surface area contributed by atoms with E-state index >= 15 is 0 Å². The summed E-state index contributed by atoms with van der Waals surface area (Å²) in [6.45, 7) is 8.01. The summed E-state index contributed by atoms with van der Waals surface area (Å²) in [4.78, 5) is 27.7. The number of nitrogens with one attached hydrogen (secondary N) is 2. The van der Waals surface area contributed by atoms with Crippen molar-refractivity contribution in [2.75, 3.05) is 4.72 Å². The highest BCUT2D eigenvalue weighted by atomic mass is 32.2. The molecule has 0 aliphatic heterocycles. The van der Waals surface area contributed by atoms with E-state index < -0.39 is 17.7 Å². The average molecular weight is 514 g/mol. The van der Waals surface area contributed by atoms with E-state index in [-0.39, 0.29) is 34.8 Å². The first-order chi connectivity index (χ1) is 16.2. The van der Waals surface area contributed by atoms with Gasteiger partial charge in [-0.15, -0.1) is 0 Å². The number of aryl methyl sites for hydroxylation is 1. The van der Waals surface area contributed by atoms with E-state index in [1.54, 1.807) is 18.2 Å². The van der Waals surface area contributed by atoms with Gasteiger partial charge in [0.2, 0.25) is 5.91 Å². The third-order valence-corrected chi connectivity index (χ3v) is 7.70. The lowest BCUT2D eigenvalue weighted by Gasteiger charge is -2.32. The largest absolute Gasteiger partial charge is 0.519 e. The van der Waals surface area contributed by atoms with E-state index in [4.69, 9.17) is 5.11 Å². The predicted molar refractivity (Wildman–Crippen MR) is 127 cm³/mol. The fraction of sp³-hybridized carbons (Fsp3) is 0.542. The topological polar surface area (TPSA) is 101 Å². The Morgan fingerprint density at radius 1 is 1.34 bits per heavy atom. The minimum Gasteiger partial charge on any atom is -0.449 e. The summed E-state index contributed by atoms with van der Waals surface area (Å²) in [5.41, 5.74) is 0.0656. The summed E-state index contributed by atoms with van der Waals surface area (Å²) < 4.78 is 47.2. The first kappa shape index (κ1) is 26.9. The molecule has 192 valence electrons. The fourth-order valence-corrected chi connectivity index (χ4v) is 4.75. The Hall–Kier alpha value is -2.69. The van der Waals surface area contributed by atoms with E-state index in [1.807, 2.05) is 26.8 Å². The summed E-state index contributed by atoms with van der Waals surface area (Å²) >= 11 is 0.557. The molecule has 1 aromatic heterocycles. The molecule has 1 amide bonds. The molecule has 4 atom stereocenters. The maximum absolute atomic E-state index is 13.4. The van der Waals surface area contributed by atoms with Crippen molar-refractivity contribution in [3.05, 3.63) is 47.3 Å². The van der Waals surface area contributed by atoms with Crippen LogP contribution < -0.4 is 10.0 Å². The van der Waals surface area contributed by atoms with Crippen molar-refractivity contribution in [2.45, 2.75) is 59.7 Å². The lowest BCUT2D eigenvalue weighted by molar-refractivity contribution is -0.196. The van der Waals surface area contributed by atoms with E-state index in [0.717, 1.165) is 5.56 Å². The van der Waals surface area contributed by atoms with Crippen molar-refractivity contribution < 1.29 is 32.0 Å². The van der Waals surface area contributed by atoms with Crippen LogP contribution in [0, 0.1) is 29.6 Å². The lowest BCUT2D eigenvalue weighted by Crippen LogP contribution is -2.34. The number of alkyl halides is 3. The molecule has 2 aliphatic carbocycles. The van der Waals surface area contributed by atoms with Gasteiger partial charge in [-0.1, -0.05) is 25.2 Å². The van der Waals surface area contributed by atoms with Gasteiger partial charge in [0.25, 0.3) is 0 Å². The Morgan fingerprint density at radius 3 is 2.57 bits per heavy atom. The molecule has 1 aromatic rings. The van der Waals surface area contributed by atoms with Gasteiger partial charge in [-0.2, -0.15) is 13.2 Å². The molecule has 0 bridgehead atoms. The van der Waals surface area contributed by atoms with Crippen LogP contribution in [0.5, 0.6) is 0 Å². The van der Waals surface area contributed by atoms with Crippen LogP contribution in [0.15, 0.2) is 36.1 Å². The highest BCUT2D eigenvalue weighted by Gasteiger charge is 2.58. The van der Waals surface area contributed by atoms with E-state index in [1.165, 1.54) is 20.0 Å². The van der Waals surface area contributed by atoms with E-state index in [2.05, 4.69) is 19.2 Å². The zero-order valence-corrected chi connectivity index (χ0v) is 21.0. The number of hydrogen-bond acceptors (Lipinski definition) is 6. The quantitative estimate of drug-likeness (QED) is 0.275. The Labute approximate surface area is 206 Å². The number of anilines is 1. The maximum Gasteiger partial charge on any atom is 0.519 e. The molecule has 11 heteroatoms. The van der Waals surface area contributed by atoms with Gasteiger partial charge >= 0.3 is 12.3 Å². The van der Waals surface area contributed by atoms with Crippen molar-refractivity contribution in [1.82, 2.24) is 10.3 Å². The summed E-state index contributed by atoms with van der Waals surface area (Å²) in [7, 11) is 0. The molecule has 3 N–H and O–H groups in total. The zero-order chi connectivity index (χ0) is 26.2. The maximum atomic E-state index is 13.4. The number of carbonyl (C=O) groups is 2. The van der Waals surface area contributed by atoms with Crippen molar-refractivity contribution >= 4 is 30.0 Å². The van der Waals surface area contributed by atoms with Gasteiger partial charge in [0.05, 0.1) is 29.0 Å². The molecule has 7 nitrogen and oxygen atoms in total. The highest BCUT2D eigenvalue weighted by Crippen LogP contribution is 2.60. The van der Waals surface area contributed by atoms with Crippen LogP contribution in [-0.4, -0.2) is 28.3 Å². The number of allylic oxidation sites excluding steroid dienone is 4. The third kappa shape index (κ3) is 5.76. The van der Waals surface area contributed by atoms with Gasteiger partial charge in [0.1, 0.15) is 0 Å². The van der Waals surface area contributed by atoms with Crippen LogP contribution >= 0.6 is 12.2 Å². The van der Waals surface area contributed by atoms with Gasteiger partial charge < -0.3 is 14.6 Å². The molecule has 0 spiro atoms. The second-order valence-electron chi connectivity index (χ2n) is 9.94.